The molecule has 0 atom stereocenters. The highest BCUT2D eigenvalue weighted by molar-refractivity contribution is 7.89. The van der Waals surface area contributed by atoms with Crippen LogP contribution in [0, 0.1) is 0 Å². The molecule has 1 aromatic carbocycles. The summed E-state index contributed by atoms with van der Waals surface area (Å²) >= 11 is 1.45. The van der Waals surface area contributed by atoms with Crippen LogP contribution in [0.1, 0.15) is 4.88 Å². The first-order valence-corrected chi connectivity index (χ1v) is 7.08. The van der Waals surface area contributed by atoms with E-state index in [1.165, 1.54) is 11.3 Å². The van der Waals surface area contributed by atoms with Gasteiger partial charge in [0.15, 0.2) is 0 Å². The molecule has 2 aromatic rings. The highest BCUT2D eigenvalue weighted by atomic mass is 32.2. The molecule has 2 rings (SSSR count). The minimum atomic E-state index is -3.67. The normalized spacial score (nSPS) is 12.1. The molecule has 0 bridgehead atoms. The van der Waals surface area contributed by atoms with Crippen LogP contribution >= 0.6 is 11.3 Å². The van der Waals surface area contributed by atoms with E-state index in [1.807, 2.05) is 18.2 Å². The van der Waals surface area contributed by atoms with Gasteiger partial charge in [0.1, 0.15) is 4.90 Å². The summed E-state index contributed by atoms with van der Waals surface area (Å²) in [5.41, 5.74) is 0. The quantitative estimate of drug-likeness (QED) is 0.868. The van der Waals surface area contributed by atoms with Gasteiger partial charge in [-0.15, -0.1) is 11.3 Å². The second kappa shape index (κ2) is 4.14. The Morgan fingerprint density at radius 2 is 2.06 bits per heavy atom. The molecule has 3 N–H and O–H groups in total. The van der Waals surface area contributed by atoms with Crippen LogP contribution in [-0.2, 0) is 16.6 Å². The smallest absolute Gasteiger partial charge is 0.239 e. The van der Waals surface area contributed by atoms with Gasteiger partial charge in [0.05, 0.1) is 0 Å². The van der Waals surface area contributed by atoms with Gasteiger partial charge in [0.25, 0.3) is 0 Å². The minimum absolute atomic E-state index is 0.252. The topological polar surface area (TPSA) is 72.2 Å². The van der Waals surface area contributed by atoms with E-state index in [0.717, 1.165) is 9.58 Å². The average Bonchev–Trinajstić information content (AvgIpc) is 2.55. The predicted molar refractivity (Wildman–Crippen MR) is 66.0 cm³/mol. The third kappa shape index (κ3) is 1.97. The Morgan fingerprint density at radius 3 is 2.69 bits per heavy atom. The van der Waals surface area contributed by atoms with Crippen molar-refractivity contribution in [3.05, 3.63) is 29.1 Å². The number of fused-ring (bicyclic) bond motifs is 1. The second-order valence-electron chi connectivity index (χ2n) is 3.43. The van der Waals surface area contributed by atoms with Crippen molar-refractivity contribution < 1.29 is 8.42 Å². The van der Waals surface area contributed by atoms with E-state index < -0.39 is 10.0 Å². The number of hydrogen-bond acceptors (Lipinski definition) is 4. The maximum Gasteiger partial charge on any atom is 0.239 e. The van der Waals surface area contributed by atoms with Crippen molar-refractivity contribution in [2.24, 2.45) is 5.14 Å². The van der Waals surface area contributed by atoms with Crippen molar-refractivity contribution in [2.45, 2.75) is 11.4 Å². The molecule has 0 amide bonds. The van der Waals surface area contributed by atoms with Crippen LogP contribution in [0.2, 0.25) is 0 Å². The van der Waals surface area contributed by atoms with Gasteiger partial charge in [-0.3, -0.25) is 0 Å². The molecule has 1 heterocycles. The van der Waals surface area contributed by atoms with Crippen LogP contribution in [0.3, 0.4) is 0 Å². The summed E-state index contributed by atoms with van der Waals surface area (Å²) in [5, 5.41) is 8.91. The largest absolute Gasteiger partial charge is 0.315 e. The summed E-state index contributed by atoms with van der Waals surface area (Å²) in [6.45, 7) is 0.505. The molecule has 1 aromatic heterocycles. The molecule has 0 saturated heterocycles. The summed E-state index contributed by atoms with van der Waals surface area (Å²) in [4.78, 5) is 1.01. The molecule has 0 spiro atoms. The van der Waals surface area contributed by atoms with Gasteiger partial charge < -0.3 is 5.32 Å². The number of rotatable bonds is 3. The van der Waals surface area contributed by atoms with Crippen LogP contribution in [-0.4, -0.2) is 15.5 Å². The summed E-state index contributed by atoms with van der Waals surface area (Å²) in [7, 11) is -1.89. The fourth-order valence-corrected chi connectivity index (χ4v) is 4.18. The van der Waals surface area contributed by atoms with Gasteiger partial charge in [-0.05, 0) is 13.1 Å². The van der Waals surface area contributed by atoms with E-state index in [0.29, 0.717) is 11.9 Å². The van der Waals surface area contributed by atoms with Gasteiger partial charge in [-0.1, -0.05) is 18.2 Å². The maximum atomic E-state index is 11.6. The van der Waals surface area contributed by atoms with E-state index in [1.54, 1.807) is 13.1 Å². The minimum Gasteiger partial charge on any atom is -0.315 e. The second-order valence-corrected chi connectivity index (χ2v) is 6.06. The third-order valence-corrected chi connectivity index (χ3v) is 4.58. The van der Waals surface area contributed by atoms with Crippen LogP contribution in [0.15, 0.2) is 29.2 Å². The first kappa shape index (κ1) is 11.5. The maximum absolute atomic E-state index is 11.6. The summed E-state index contributed by atoms with van der Waals surface area (Å²) < 4.78 is 24.1. The zero-order valence-corrected chi connectivity index (χ0v) is 10.4. The first-order valence-electron chi connectivity index (χ1n) is 4.72. The number of primary sulfonamides is 1. The number of nitrogens with two attached hydrogens (primary N) is 1. The number of benzene rings is 1. The highest BCUT2D eigenvalue weighted by Crippen LogP contribution is 2.33. The molecule has 0 fully saturated rings. The molecule has 0 aliphatic carbocycles. The van der Waals surface area contributed by atoms with E-state index in [4.69, 9.17) is 5.14 Å². The molecular weight excluding hydrogens is 244 g/mol. The van der Waals surface area contributed by atoms with E-state index >= 15 is 0 Å². The van der Waals surface area contributed by atoms with Crippen molar-refractivity contribution in [2.75, 3.05) is 7.05 Å². The van der Waals surface area contributed by atoms with Crippen molar-refractivity contribution in [3.8, 4) is 0 Å². The number of sulfonamides is 1. The number of nitrogens with one attached hydrogen (secondary N) is 1. The van der Waals surface area contributed by atoms with Gasteiger partial charge >= 0.3 is 0 Å². The SMILES string of the molecule is CNCc1sc2ccccc2c1S(N)(=O)=O. The van der Waals surface area contributed by atoms with Crippen molar-refractivity contribution >= 4 is 31.4 Å². The van der Waals surface area contributed by atoms with Crippen molar-refractivity contribution in [1.29, 1.82) is 0 Å². The molecule has 6 heteroatoms. The monoisotopic (exact) mass is 256 g/mol. The van der Waals surface area contributed by atoms with Gasteiger partial charge in [0, 0.05) is 21.5 Å². The molecule has 16 heavy (non-hydrogen) atoms. The summed E-state index contributed by atoms with van der Waals surface area (Å²) in [6, 6.07) is 7.38. The summed E-state index contributed by atoms with van der Waals surface area (Å²) in [6.07, 6.45) is 0. The molecule has 0 saturated carbocycles. The Labute approximate surface area is 98.1 Å². The van der Waals surface area contributed by atoms with E-state index in [-0.39, 0.29) is 4.90 Å². The van der Waals surface area contributed by atoms with Crippen LogP contribution < -0.4 is 10.5 Å². The Balaban J connectivity index is 2.80. The van der Waals surface area contributed by atoms with Crippen LogP contribution in [0.4, 0.5) is 0 Å². The van der Waals surface area contributed by atoms with Crippen LogP contribution in [0.5, 0.6) is 0 Å². The third-order valence-electron chi connectivity index (χ3n) is 2.24. The van der Waals surface area contributed by atoms with Gasteiger partial charge in [-0.25, -0.2) is 13.6 Å². The fourth-order valence-electron chi connectivity index (χ4n) is 1.66. The Morgan fingerprint density at radius 1 is 1.38 bits per heavy atom. The van der Waals surface area contributed by atoms with E-state index in [9.17, 15) is 8.42 Å². The highest BCUT2D eigenvalue weighted by Gasteiger charge is 2.20. The van der Waals surface area contributed by atoms with Crippen molar-refractivity contribution in [1.82, 2.24) is 5.32 Å². The summed E-state index contributed by atoms with van der Waals surface area (Å²) in [5.74, 6) is 0. The number of hydrogen-bond donors (Lipinski definition) is 2. The molecule has 0 radical (unpaired) electrons. The zero-order chi connectivity index (χ0) is 11.8. The van der Waals surface area contributed by atoms with Crippen LogP contribution in [0.25, 0.3) is 10.1 Å². The standard InChI is InChI=1S/C10H12N2O2S2/c1-12-6-9-10(16(11,13)14)7-4-2-3-5-8(7)15-9/h2-5,12H,6H2,1H3,(H2,11,13,14). The molecule has 0 aliphatic rings. The zero-order valence-electron chi connectivity index (χ0n) is 8.73. The van der Waals surface area contributed by atoms with Gasteiger partial charge in [-0.2, -0.15) is 0 Å². The molecule has 0 unspecified atom stereocenters. The predicted octanol–water partition coefficient (Wildman–Crippen LogP) is 1.27. The first-order chi connectivity index (χ1) is 7.54. The van der Waals surface area contributed by atoms with Crippen molar-refractivity contribution in [3.63, 3.8) is 0 Å². The average molecular weight is 256 g/mol. The molecule has 4 nitrogen and oxygen atoms in total. The van der Waals surface area contributed by atoms with Gasteiger partial charge in [0.2, 0.25) is 10.0 Å². The lowest BCUT2D eigenvalue weighted by Gasteiger charge is -2.00. The lowest BCUT2D eigenvalue weighted by molar-refractivity contribution is 0.597. The molecule has 86 valence electrons. The Kier molecular flexibility index (Phi) is 2.98. The lowest BCUT2D eigenvalue weighted by Crippen LogP contribution is -2.15. The van der Waals surface area contributed by atoms with E-state index in [2.05, 4.69) is 5.32 Å². The molecular formula is C10H12N2O2S2. The fraction of sp³-hybridized carbons (Fsp3) is 0.200. The Bertz CT molecular complexity index is 617. The lowest BCUT2D eigenvalue weighted by atomic mass is 10.2. The molecule has 0 aliphatic heterocycles. The number of thiophene rings is 1. The Hall–Kier alpha value is -0.950.